The second kappa shape index (κ2) is 30.6. The third kappa shape index (κ3) is 15.2. The van der Waals surface area contributed by atoms with Crippen molar-refractivity contribution < 1.29 is 47.2 Å². The summed E-state index contributed by atoms with van der Waals surface area (Å²) >= 11 is 6.79. The highest BCUT2D eigenvalue weighted by atomic mass is 35.5. The maximum Gasteiger partial charge on any atom is 0.318 e. The van der Waals surface area contributed by atoms with Crippen molar-refractivity contribution in [2.24, 2.45) is 0 Å². The summed E-state index contributed by atoms with van der Waals surface area (Å²) < 4.78 is 49.3. The van der Waals surface area contributed by atoms with Gasteiger partial charge in [0, 0.05) is 87.2 Å². The van der Waals surface area contributed by atoms with Crippen LogP contribution in [0.25, 0.3) is 10.8 Å². The van der Waals surface area contributed by atoms with E-state index in [4.69, 9.17) is 55.0 Å². The second-order valence-electron chi connectivity index (χ2n) is 22.7. The number of anilines is 6. The molecular weight excluding hydrogens is 1150 g/mol. The molecule has 3 fully saturated rings. The van der Waals surface area contributed by atoms with Crippen molar-refractivity contribution in [1.82, 2.24) is 35.1 Å². The number of rotatable bonds is 29. The summed E-state index contributed by atoms with van der Waals surface area (Å²) in [5, 5.41) is 18.6. The van der Waals surface area contributed by atoms with E-state index >= 15 is 0 Å². The van der Waals surface area contributed by atoms with Gasteiger partial charge < -0.3 is 63.6 Å². The smallest absolute Gasteiger partial charge is 0.318 e. The lowest BCUT2D eigenvalue weighted by Gasteiger charge is -2.43. The molecule has 470 valence electrons. The van der Waals surface area contributed by atoms with E-state index in [1.165, 1.54) is 4.90 Å². The number of halogens is 2. The summed E-state index contributed by atoms with van der Waals surface area (Å²) in [4.78, 5) is 70.8. The van der Waals surface area contributed by atoms with Gasteiger partial charge in [-0.25, -0.2) is 9.37 Å². The first-order valence-electron chi connectivity index (χ1n) is 30.9. The summed E-state index contributed by atoms with van der Waals surface area (Å²) in [7, 11) is 3.32. The molecule has 22 nitrogen and oxygen atoms in total. The Morgan fingerprint density at radius 1 is 0.852 bits per heavy atom. The number of likely N-dealkylation sites (tertiary alicyclic amines) is 1. The summed E-state index contributed by atoms with van der Waals surface area (Å²) in [6, 6.07) is 19.3. The Hall–Kier alpha value is -7.46. The second-order valence-corrected chi connectivity index (χ2v) is 23.1. The Balaban J connectivity index is 0.606. The van der Waals surface area contributed by atoms with Crippen LogP contribution in [-0.2, 0) is 41.5 Å². The molecule has 2 aromatic heterocycles. The van der Waals surface area contributed by atoms with Gasteiger partial charge >= 0.3 is 6.01 Å². The number of benzene rings is 3. The molecule has 3 amide bonds. The molecule has 88 heavy (non-hydrogen) atoms. The molecular formula is C64H81ClFN13O9. The van der Waals surface area contributed by atoms with E-state index in [0.29, 0.717) is 145 Å². The van der Waals surface area contributed by atoms with E-state index in [-0.39, 0.29) is 48.9 Å². The fraction of sp³-hybridized carbons (Fsp3) is 0.531. The molecule has 3 aromatic carbocycles. The van der Waals surface area contributed by atoms with Crippen LogP contribution in [0.5, 0.6) is 11.8 Å². The van der Waals surface area contributed by atoms with Crippen LogP contribution < -0.4 is 39.7 Å². The number of aromatic nitrogens is 4. The van der Waals surface area contributed by atoms with Gasteiger partial charge in [0.05, 0.1) is 101 Å². The number of methoxy groups -OCH3 is 1. The van der Waals surface area contributed by atoms with Crippen molar-refractivity contribution in [2.75, 3.05) is 144 Å². The number of hydrogen-bond donors (Lipinski definition) is 2. The Morgan fingerprint density at radius 3 is 2.34 bits per heavy atom. The summed E-state index contributed by atoms with van der Waals surface area (Å²) in [5.74, 6) is 0.237. The number of nitrogens with one attached hydrogen (secondary N) is 2. The minimum absolute atomic E-state index is 0.0380. The maximum atomic E-state index is 14.1. The van der Waals surface area contributed by atoms with Crippen molar-refractivity contribution in [3.05, 3.63) is 95.0 Å². The zero-order valence-corrected chi connectivity index (χ0v) is 51.5. The Labute approximate surface area is 519 Å². The van der Waals surface area contributed by atoms with Crippen molar-refractivity contribution in [3.8, 4) is 17.8 Å². The first-order chi connectivity index (χ1) is 42.9. The average molecular weight is 1230 g/mol. The predicted octanol–water partition coefficient (Wildman–Crippen LogP) is 8.04. The Kier molecular flexibility index (Phi) is 22.1. The highest BCUT2D eigenvalue weighted by molar-refractivity contribution is 6.36. The van der Waals surface area contributed by atoms with Gasteiger partial charge in [-0.15, -0.1) is 0 Å². The topological polar surface area (TPSA) is 225 Å². The highest BCUT2D eigenvalue weighted by Crippen LogP contribution is 2.42. The highest BCUT2D eigenvalue weighted by Gasteiger charge is 2.42. The lowest BCUT2D eigenvalue weighted by atomic mass is 10.0. The summed E-state index contributed by atoms with van der Waals surface area (Å²) in [6.07, 6.45) is 10.2. The molecule has 3 atom stereocenters. The van der Waals surface area contributed by atoms with E-state index in [1.54, 1.807) is 43.5 Å². The number of carbonyl (C=O) groups excluding carboxylic acids is 3. The molecule has 2 saturated heterocycles. The molecule has 10 rings (SSSR count). The SMILES string of the molecule is C=C(F)C(=O)N1CCN(c2nc(OC[C@@H]3CCCN3CCCOCCOCCOCCOCCNC(=O)c3ccc(Nc4ncc5c(n4)N(C4CCCC4)[C@H](CC)C(=O)N5C)c(OC)c3)nc3c2CCN(c2cccc4cccc(Cl)c24)C3)C[C@@H]1CC#N. The molecule has 5 aromatic rings. The summed E-state index contributed by atoms with van der Waals surface area (Å²) in [5.41, 5.74) is 4.56. The minimum atomic E-state index is -1.04. The third-order valence-corrected chi connectivity index (χ3v) is 17.5. The minimum Gasteiger partial charge on any atom is -0.495 e. The molecule has 0 spiro atoms. The van der Waals surface area contributed by atoms with Crippen molar-refractivity contribution >= 4 is 74.7 Å². The number of likely N-dealkylation sites (N-methyl/N-ethyl adjacent to an activating group) is 1. The van der Waals surface area contributed by atoms with E-state index < -0.39 is 17.8 Å². The van der Waals surface area contributed by atoms with Gasteiger partial charge in [0.1, 0.15) is 29.9 Å². The molecule has 2 N–H and O–H groups in total. The molecule has 5 aliphatic rings. The van der Waals surface area contributed by atoms with Gasteiger partial charge in [-0.3, -0.25) is 19.3 Å². The van der Waals surface area contributed by atoms with Crippen LogP contribution in [0.4, 0.5) is 39.0 Å². The van der Waals surface area contributed by atoms with Crippen molar-refractivity contribution in [2.45, 2.75) is 102 Å². The molecule has 0 unspecified atom stereocenters. The zero-order valence-electron chi connectivity index (χ0n) is 50.7. The number of piperazine rings is 1. The number of amides is 3. The molecule has 24 heteroatoms. The zero-order chi connectivity index (χ0) is 61.5. The molecule has 0 radical (unpaired) electrons. The first-order valence-corrected chi connectivity index (χ1v) is 31.3. The molecule has 6 heterocycles. The van der Waals surface area contributed by atoms with Crippen LogP contribution in [0.3, 0.4) is 0 Å². The van der Waals surface area contributed by atoms with Crippen LogP contribution in [0.15, 0.2) is 73.2 Å². The monoisotopic (exact) mass is 1230 g/mol. The number of carbonyl (C=O) groups is 3. The van der Waals surface area contributed by atoms with E-state index in [0.717, 1.165) is 91.6 Å². The maximum absolute atomic E-state index is 14.1. The van der Waals surface area contributed by atoms with E-state index in [1.807, 2.05) is 25.1 Å². The van der Waals surface area contributed by atoms with Gasteiger partial charge in [0.2, 0.25) is 11.9 Å². The van der Waals surface area contributed by atoms with Gasteiger partial charge in [-0.05, 0) is 87.2 Å². The van der Waals surface area contributed by atoms with Gasteiger partial charge in [0.15, 0.2) is 11.6 Å². The van der Waals surface area contributed by atoms with E-state index in [9.17, 15) is 24.0 Å². The quantitative estimate of drug-likeness (QED) is 0.0341. The number of ether oxygens (including phenoxy) is 6. The van der Waals surface area contributed by atoms with Crippen molar-refractivity contribution in [1.29, 1.82) is 5.26 Å². The van der Waals surface area contributed by atoms with Crippen LogP contribution in [0, 0.1) is 11.3 Å². The normalized spacial score (nSPS) is 18.8. The molecule has 4 aliphatic heterocycles. The van der Waals surface area contributed by atoms with E-state index in [2.05, 4.69) is 66.1 Å². The van der Waals surface area contributed by atoms with Gasteiger partial charge in [0.25, 0.3) is 11.8 Å². The predicted molar refractivity (Wildman–Crippen MR) is 335 cm³/mol. The Morgan fingerprint density at radius 2 is 1.60 bits per heavy atom. The lowest BCUT2D eigenvalue weighted by Crippen LogP contribution is -2.55. The van der Waals surface area contributed by atoms with Crippen LogP contribution in [0.2, 0.25) is 5.02 Å². The number of nitrogens with zero attached hydrogens (tertiary/aromatic N) is 11. The van der Waals surface area contributed by atoms with Crippen LogP contribution in [0.1, 0.15) is 86.3 Å². The summed E-state index contributed by atoms with van der Waals surface area (Å²) in [6.45, 7) is 13.3. The van der Waals surface area contributed by atoms with Crippen LogP contribution >= 0.6 is 11.6 Å². The average Bonchev–Trinajstić information content (AvgIpc) is 1.50. The number of hydrogen-bond acceptors (Lipinski definition) is 19. The standard InChI is InChI=1S/C64H81ClFN13O9/c1-5-53-62(82)74(3)55-39-69-63(72-59(55)79(53)46-14-6-7-15-46)70-51-20-19-45(38-56(51)83-4)60(80)68-24-31-85-33-35-87-37-36-86-34-32-84-30-11-26-75-25-10-16-48(75)42-88-64-71-52-41-76(54-18-9-13-44-12-8-17-50(65)57(44)54)27-22-49(52)58(73-64)77-28-29-78(61(81)43(2)66)47(40-77)21-23-67/h8-9,12-13,17-20,38-39,46-48,53H,2,5-7,10-11,14-16,21-22,24-37,40-42H2,1,3-4H3,(H,68,80)(H,69,70,72)/t47-,48-,53+/m0/s1. The van der Waals surface area contributed by atoms with Crippen LogP contribution in [-0.4, -0.2) is 191 Å². The first kappa shape index (κ1) is 63.6. The molecule has 0 bridgehead atoms. The lowest BCUT2D eigenvalue weighted by molar-refractivity contribution is -0.131. The molecule has 1 saturated carbocycles. The van der Waals surface area contributed by atoms with Gasteiger partial charge in [-0.2, -0.15) is 20.2 Å². The third-order valence-electron chi connectivity index (χ3n) is 17.2. The number of fused-ring (bicyclic) bond motifs is 3. The van der Waals surface area contributed by atoms with Crippen molar-refractivity contribution in [3.63, 3.8) is 0 Å². The largest absolute Gasteiger partial charge is 0.495 e. The fourth-order valence-corrected chi connectivity index (χ4v) is 13.0. The fourth-order valence-electron chi connectivity index (χ4n) is 12.7. The number of nitriles is 1. The molecule has 1 aliphatic carbocycles. The Bertz CT molecular complexity index is 3290. The van der Waals surface area contributed by atoms with Gasteiger partial charge in [-0.1, -0.05) is 62.2 Å².